The van der Waals surface area contributed by atoms with Crippen molar-refractivity contribution in [1.82, 2.24) is 4.90 Å². The Balaban J connectivity index is 1.60. The van der Waals surface area contributed by atoms with E-state index < -0.39 is 23.5 Å². The first-order valence-corrected chi connectivity index (χ1v) is 12.2. The third-order valence-electron chi connectivity index (χ3n) is 6.83. The summed E-state index contributed by atoms with van der Waals surface area (Å²) in [7, 11) is 0. The van der Waals surface area contributed by atoms with E-state index in [4.69, 9.17) is 4.42 Å². The molecule has 5 nitrogen and oxygen atoms in total. The maximum absolute atomic E-state index is 13.7. The molecule has 1 unspecified atom stereocenters. The van der Waals surface area contributed by atoms with Gasteiger partial charge in [-0.3, -0.25) is 9.59 Å². The van der Waals surface area contributed by atoms with Gasteiger partial charge in [0, 0.05) is 15.9 Å². The molecule has 2 aromatic carbocycles. The minimum Gasteiger partial charge on any atom is -0.503 e. The topological polar surface area (TPSA) is 70.7 Å². The number of hydrogen-bond donors (Lipinski definition) is 1. The van der Waals surface area contributed by atoms with Crippen molar-refractivity contribution in [3.8, 4) is 0 Å². The molecular formula is C27H26BrNO4. The minimum absolute atomic E-state index is 0.00588. The van der Waals surface area contributed by atoms with E-state index in [1.807, 2.05) is 36.4 Å². The Bertz CT molecular complexity index is 1270. The predicted octanol–water partition coefficient (Wildman–Crippen LogP) is 6.84. The van der Waals surface area contributed by atoms with Gasteiger partial charge in [0.25, 0.3) is 5.91 Å². The fourth-order valence-corrected chi connectivity index (χ4v) is 5.44. The van der Waals surface area contributed by atoms with Gasteiger partial charge in [-0.15, -0.1) is 0 Å². The summed E-state index contributed by atoms with van der Waals surface area (Å²) in [6, 6.07) is 14.6. The van der Waals surface area contributed by atoms with E-state index >= 15 is 0 Å². The van der Waals surface area contributed by atoms with Gasteiger partial charge in [0.15, 0.2) is 11.5 Å². The van der Waals surface area contributed by atoms with Crippen LogP contribution in [0.25, 0.3) is 11.0 Å². The maximum Gasteiger partial charge on any atom is 0.290 e. The molecule has 2 aliphatic rings. The third kappa shape index (κ3) is 3.80. The number of aliphatic hydroxyl groups excluding tert-OH is 1. The van der Waals surface area contributed by atoms with Gasteiger partial charge in [0.05, 0.1) is 11.6 Å². The number of benzene rings is 2. The molecule has 2 heterocycles. The third-order valence-corrected chi connectivity index (χ3v) is 7.32. The van der Waals surface area contributed by atoms with E-state index in [1.165, 1.54) is 5.56 Å². The summed E-state index contributed by atoms with van der Waals surface area (Å²) in [6.07, 6.45) is 3.82. The van der Waals surface area contributed by atoms with Crippen LogP contribution in [0.15, 0.2) is 68.8 Å². The Morgan fingerprint density at radius 2 is 1.79 bits per heavy atom. The highest BCUT2D eigenvalue weighted by Gasteiger charge is 2.47. The Hall–Kier alpha value is -2.86. The first-order chi connectivity index (χ1) is 15.8. The van der Waals surface area contributed by atoms with E-state index in [-0.39, 0.29) is 17.4 Å². The molecular weight excluding hydrogens is 482 g/mol. The number of halogens is 1. The molecule has 1 atom stereocenters. The van der Waals surface area contributed by atoms with Crippen molar-refractivity contribution in [2.45, 2.75) is 57.5 Å². The molecule has 1 aliphatic carbocycles. The second-order valence-electron chi connectivity index (χ2n) is 9.26. The normalized spacial score (nSPS) is 19.5. The number of amides is 1. The number of Topliss-reactive ketones (excluding diaryl/α,β-unsaturated/α-hetero) is 1. The van der Waals surface area contributed by atoms with Crippen molar-refractivity contribution in [2.24, 2.45) is 0 Å². The Morgan fingerprint density at radius 3 is 2.45 bits per heavy atom. The summed E-state index contributed by atoms with van der Waals surface area (Å²) in [5.74, 6) is -0.898. The van der Waals surface area contributed by atoms with Crippen LogP contribution in [0.3, 0.4) is 0 Å². The molecule has 5 rings (SSSR count). The van der Waals surface area contributed by atoms with E-state index in [0.717, 1.165) is 41.1 Å². The SMILES string of the molecule is CC(C)c1ccc(C2C(C(=O)c3cc4cc(Br)ccc4o3)=C(O)C(=O)N2C2CCCC2)cc1. The van der Waals surface area contributed by atoms with Crippen molar-refractivity contribution < 1.29 is 19.1 Å². The van der Waals surface area contributed by atoms with E-state index in [0.29, 0.717) is 11.5 Å². The largest absolute Gasteiger partial charge is 0.503 e. The number of nitrogens with zero attached hydrogens (tertiary/aromatic N) is 1. The van der Waals surface area contributed by atoms with Gasteiger partial charge in [-0.2, -0.15) is 0 Å². The molecule has 0 bridgehead atoms. The lowest BCUT2D eigenvalue weighted by atomic mass is 9.92. The van der Waals surface area contributed by atoms with Crippen LogP contribution in [0.5, 0.6) is 0 Å². The van der Waals surface area contributed by atoms with Crippen LogP contribution in [0.4, 0.5) is 0 Å². The van der Waals surface area contributed by atoms with Crippen molar-refractivity contribution in [3.05, 3.63) is 81.2 Å². The zero-order valence-corrected chi connectivity index (χ0v) is 20.3. The van der Waals surface area contributed by atoms with E-state index in [2.05, 4.69) is 29.8 Å². The van der Waals surface area contributed by atoms with Crippen LogP contribution in [0.1, 0.15) is 73.2 Å². The smallest absolute Gasteiger partial charge is 0.290 e. The quantitative estimate of drug-likeness (QED) is 0.383. The summed E-state index contributed by atoms with van der Waals surface area (Å²) >= 11 is 3.44. The van der Waals surface area contributed by atoms with Gasteiger partial charge in [-0.05, 0) is 54.2 Å². The monoisotopic (exact) mass is 507 g/mol. The lowest BCUT2D eigenvalue weighted by Crippen LogP contribution is -2.38. The minimum atomic E-state index is -0.630. The Morgan fingerprint density at radius 1 is 1.09 bits per heavy atom. The van der Waals surface area contributed by atoms with E-state index in [1.54, 1.807) is 17.0 Å². The number of rotatable bonds is 5. The van der Waals surface area contributed by atoms with Gasteiger partial charge in [0.2, 0.25) is 5.78 Å². The fraction of sp³-hybridized carbons (Fsp3) is 0.333. The average molecular weight is 508 g/mol. The first-order valence-electron chi connectivity index (χ1n) is 11.4. The molecule has 6 heteroatoms. The Labute approximate surface area is 201 Å². The van der Waals surface area contributed by atoms with Crippen LogP contribution >= 0.6 is 15.9 Å². The highest BCUT2D eigenvalue weighted by Crippen LogP contribution is 2.43. The second-order valence-corrected chi connectivity index (χ2v) is 10.2. The predicted molar refractivity (Wildman–Crippen MR) is 130 cm³/mol. The molecule has 1 aromatic heterocycles. The summed E-state index contributed by atoms with van der Waals surface area (Å²) < 4.78 is 6.71. The molecule has 0 spiro atoms. The van der Waals surface area contributed by atoms with Crippen molar-refractivity contribution in [1.29, 1.82) is 0 Å². The van der Waals surface area contributed by atoms with Gasteiger partial charge in [-0.25, -0.2) is 0 Å². The van der Waals surface area contributed by atoms with Crippen molar-refractivity contribution >= 4 is 38.6 Å². The average Bonchev–Trinajstić information content (AvgIpc) is 3.52. The van der Waals surface area contributed by atoms with Crippen LogP contribution in [0.2, 0.25) is 0 Å². The number of furan rings is 1. The van der Waals surface area contributed by atoms with Gasteiger partial charge in [0.1, 0.15) is 5.58 Å². The van der Waals surface area contributed by atoms with Gasteiger partial charge >= 0.3 is 0 Å². The van der Waals surface area contributed by atoms with Crippen molar-refractivity contribution in [3.63, 3.8) is 0 Å². The number of ketones is 1. The number of aliphatic hydroxyl groups is 1. The van der Waals surface area contributed by atoms with Crippen LogP contribution in [-0.4, -0.2) is 27.7 Å². The molecule has 33 heavy (non-hydrogen) atoms. The standard InChI is InChI=1S/C27H26BrNO4/c1-15(2)16-7-9-17(10-8-16)24-23(26(31)27(32)29(24)20-5-3-4-6-20)25(30)22-14-18-13-19(28)11-12-21(18)33-22/h7-15,20,24,31H,3-6H2,1-2H3. The zero-order chi connectivity index (χ0) is 23.3. The van der Waals surface area contributed by atoms with Crippen LogP contribution in [0, 0.1) is 0 Å². The number of fused-ring (bicyclic) bond motifs is 1. The highest BCUT2D eigenvalue weighted by molar-refractivity contribution is 9.10. The molecule has 1 aliphatic heterocycles. The van der Waals surface area contributed by atoms with Crippen LogP contribution in [-0.2, 0) is 4.79 Å². The molecule has 3 aromatic rings. The van der Waals surface area contributed by atoms with E-state index in [9.17, 15) is 14.7 Å². The Kier molecular flexibility index (Phi) is 5.65. The number of hydrogen-bond acceptors (Lipinski definition) is 4. The van der Waals surface area contributed by atoms with Gasteiger partial charge in [-0.1, -0.05) is 66.9 Å². The summed E-state index contributed by atoms with van der Waals surface area (Å²) in [5.41, 5.74) is 2.68. The molecule has 170 valence electrons. The summed E-state index contributed by atoms with van der Waals surface area (Å²) in [6.45, 7) is 4.25. The van der Waals surface area contributed by atoms with Crippen molar-refractivity contribution in [2.75, 3.05) is 0 Å². The lowest BCUT2D eigenvalue weighted by Gasteiger charge is -2.32. The molecule has 1 amide bonds. The zero-order valence-electron chi connectivity index (χ0n) is 18.7. The molecule has 0 saturated heterocycles. The molecule has 1 N–H and O–H groups in total. The molecule has 0 radical (unpaired) electrons. The number of carbonyl (C=O) groups is 2. The molecule has 1 saturated carbocycles. The summed E-state index contributed by atoms with van der Waals surface area (Å²) in [5, 5.41) is 11.7. The summed E-state index contributed by atoms with van der Waals surface area (Å²) in [4.78, 5) is 28.6. The first kappa shape index (κ1) is 22.0. The maximum atomic E-state index is 13.7. The lowest BCUT2D eigenvalue weighted by molar-refractivity contribution is -0.131. The number of carbonyl (C=O) groups excluding carboxylic acids is 2. The fourth-order valence-electron chi connectivity index (χ4n) is 5.06. The van der Waals surface area contributed by atoms with Gasteiger partial charge < -0.3 is 14.4 Å². The second kappa shape index (κ2) is 8.49. The van der Waals surface area contributed by atoms with Crippen LogP contribution < -0.4 is 0 Å². The molecule has 1 fully saturated rings. The highest BCUT2D eigenvalue weighted by atomic mass is 79.9.